The summed E-state index contributed by atoms with van der Waals surface area (Å²) in [5.74, 6) is 1.38. The number of rotatable bonds is 11. The second-order valence-corrected chi connectivity index (χ2v) is 5.42. The highest BCUT2D eigenvalue weighted by atomic mass is 35.5. The van der Waals surface area contributed by atoms with E-state index in [2.05, 4.69) is 12.2 Å². The van der Waals surface area contributed by atoms with Gasteiger partial charge in [-0.1, -0.05) is 37.8 Å². The average molecular weight is 314 g/mol. The maximum atomic E-state index is 6.30. The van der Waals surface area contributed by atoms with Gasteiger partial charge in [0.25, 0.3) is 0 Å². The Morgan fingerprint density at radius 3 is 2.43 bits per heavy atom. The Kier molecular flexibility index (Phi) is 9.27. The topological polar surface area (TPSA) is 30.5 Å². The van der Waals surface area contributed by atoms with Gasteiger partial charge in [-0.15, -0.1) is 0 Å². The molecule has 0 aliphatic heterocycles. The highest BCUT2D eigenvalue weighted by molar-refractivity contribution is 6.32. The molecule has 0 bridgehead atoms. The van der Waals surface area contributed by atoms with Crippen LogP contribution in [0.4, 0.5) is 0 Å². The van der Waals surface area contributed by atoms with Crippen molar-refractivity contribution < 1.29 is 9.47 Å². The summed E-state index contributed by atoms with van der Waals surface area (Å²) in [5, 5.41) is 4.07. The molecule has 0 aliphatic rings. The summed E-state index contributed by atoms with van der Waals surface area (Å²) < 4.78 is 11.2. The summed E-state index contributed by atoms with van der Waals surface area (Å²) >= 11 is 6.30. The summed E-state index contributed by atoms with van der Waals surface area (Å²) in [5.41, 5.74) is 1.13. The monoisotopic (exact) mass is 313 g/mol. The molecule has 0 saturated heterocycles. The molecule has 0 heterocycles. The molecule has 0 spiro atoms. The third kappa shape index (κ3) is 6.58. The molecule has 0 aliphatic carbocycles. The van der Waals surface area contributed by atoms with Crippen molar-refractivity contribution in [2.24, 2.45) is 0 Å². The van der Waals surface area contributed by atoms with Gasteiger partial charge in [0, 0.05) is 6.54 Å². The summed E-state index contributed by atoms with van der Waals surface area (Å²) in [4.78, 5) is 0. The number of nitrogens with one attached hydrogen (secondary N) is 1. The number of ether oxygens (including phenoxy) is 2. The predicted octanol–water partition coefficient (Wildman–Crippen LogP) is 4.81. The Labute approximate surface area is 134 Å². The van der Waals surface area contributed by atoms with Crippen LogP contribution < -0.4 is 14.8 Å². The van der Waals surface area contributed by atoms with E-state index in [0.717, 1.165) is 24.4 Å². The van der Waals surface area contributed by atoms with Crippen LogP contribution in [0, 0.1) is 0 Å². The SMILES string of the molecule is CCCCCCNCc1cc(Cl)c(OCC)c(OCC)c1. The van der Waals surface area contributed by atoms with Gasteiger partial charge in [0.1, 0.15) is 0 Å². The smallest absolute Gasteiger partial charge is 0.179 e. The van der Waals surface area contributed by atoms with Gasteiger partial charge in [-0.3, -0.25) is 0 Å². The lowest BCUT2D eigenvalue weighted by molar-refractivity contribution is 0.287. The number of hydrogen-bond donors (Lipinski definition) is 1. The second kappa shape index (κ2) is 10.7. The normalized spacial score (nSPS) is 10.7. The molecular formula is C17H28ClNO2. The lowest BCUT2D eigenvalue weighted by Gasteiger charge is -2.14. The lowest BCUT2D eigenvalue weighted by Crippen LogP contribution is -2.15. The van der Waals surface area contributed by atoms with Gasteiger partial charge in [-0.25, -0.2) is 0 Å². The Balaban J connectivity index is 2.58. The molecule has 3 nitrogen and oxygen atoms in total. The van der Waals surface area contributed by atoms with Gasteiger partial charge in [0.05, 0.1) is 18.2 Å². The molecule has 21 heavy (non-hydrogen) atoms. The second-order valence-electron chi connectivity index (χ2n) is 5.01. The van der Waals surface area contributed by atoms with Gasteiger partial charge in [0.15, 0.2) is 11.5 Å². The molecule has 1 aromatic rings. The van der Waals surface area contributed by atoms with E-state index in [9.17, 15) is 0 Å². The molecular weight excluding hydrogens is 286 g/mol. The number of hydrogen-bond acceptors (Lipinski definition) is 3. The van der Waals surface area contributed by atoms with Crippen molar-refractivity contribution in [3.8, 4) is 11.5 Å². The Hall–Kier alpha value is -0.930. The van der Waals surface area contributed by atoms with Crippen LogP contribution in [-0.4, -0.2) is 19.8 Å². The van der Waals surface area contributed by atoms with E-state index in [1.54, 1.807) is 0 Å². The van der Waals surface area contributed by atoms with Gasteiger partial charge >= 0.3 is 0 Å². The van der Waals surface area contributed by atoms with Crippen molar-refractivity contribution in [2.75, 3.05) is 19.8 Å². The fraction of sp³-hybridized carbons (Fsp3) is 0.647. The number of benzene rings is 1. The van der Waals surface area contributed by atoms with Crippen LogP contribution in [0.1, 0.15) is 52.0 Å². The minimum absolute atomic E-state index is 0.578. The molecule has 0 saturated carbocycles. The van der Waals surface area contributed by atoms with Crippen LogP contribution in [0.5, 0.6) is 11.5 Å². The average Bonchev–Trinajstić information content (AvgIpc) is 2.46. The van der Waals surface area contributed by atoms with E-state index < -0.39 is 0 Å². The predicted molar refractivity (Wildman–Crippen MR) is 89.6 cm³/mol. The van der Waals surface area contributed by atoms with Crippen molar-refractivity contribution in [1.82, 2.24) is 5.32 Å². The summed E-state index contributed by atoms with van der Waals surface area (Å²) in [7, 11) is 0. The Morgan fingerprint density at radius 2 is 1.76 bits per heavy atom. The minimum Gasteiger partial charge on any atom is -0.490 e. The van der Waals surface area contributed by atoms with Gasteiger partial charge in [-0.2, -0.15) is 0 Å². The van der Waals surface area contributed by atoms with E-state index in [-0.39, 0.29) is 0 Å². The lowest BCUT2D eigenvalue weighted by atomic mass is 10.2. The van der Waals surface area contributed by atoms with Crippen molar-refractivity contribution in [1.29, 1.82) is 0 Å². The Morgan fingerprint density at radius 1 is 1.00 bits per heavy atom. The first-order valence-electron chi connectivity index (χ1n) is 8.01. The first-order valence-corrected chi connectivity index (χ1v) is 8.39. The Bertz CT molecular complexity index is 410. The summed E-state index contributed by atoms with van der Waals surface area (Å²) in [6, 6.07) is 3.97. The van der Waals surface area contributed by atoms with Crippen molar-refractivity contribution in [3.05, 3.63) is 22.7 Å². The fourth-order valence-electron chi connectivity index (χ4n) is 2.18. The van der Waals surface area contributed by atoms with E-state index in [1.165, 1.54) is 25.7 Å². The highest BCUT2D eigenvalue weighted by Crippen LogP contribution is 2.36. The minimum atomic E-state index is 0.578. The molecule has 120 valence electrons. The third-order valence-electron chi connectivity index (χ3n) is 3.19. The first kappa shape index (κ1) is 18.1. The molecule has 0 fully saturated rings. The maximum Gasteiger partial charge on any atom is 0.179 e. The van der Waals surface area contributed by atoms with Gasteiger partial charge in [-0.05, 0) is 44.5 Å². The molecule has 1 rings (SSSR count). The first-order chi connectivity index (χ1) is 10.2. The van der Waals surface area contributed by atoms with Crippen LogP contribution >= 0.6 is 11.6 Å². The largest absolute Gasteiger partial charge is 0.490 e. The zero-order valence-electron chi connectivity index (χ0n) is 13.5. The van der Waals surface area contributed by atoms with Gasteiger partial charge < -0.3 is 14.8 Å². The summed E-state index contributed by atoms with van der Waals surface area (Å²) in [6.45, 7) is 9.15. The van der Waals surface area contributed by atoms with E-state index in [0.29, 0.717) is 24.0 Å². The molecule has 1 aromatic carbocycles. The molecule has 0 aromatic heterocycles. The van der Waals surface area contributed by atoms with Gasteiger partial charge in [0.2, 0.25) is 0 Å². The van der Waals surface area contributed by atoms with E-state index >= 15 is 0 Å². The zero-order valence-corrected chi connectivity index (χ0v) is 14.3. The van der Waals surface area contributed by atoms with Crippen LogP contribution in [-0.2, 0) is 6.54 Å². The van der Waals surface area contributed by atoms with E-state index in [1.807, 2.05) is 26.0 Å². The number of unbranched alkanes of at least 4 members (excludes halogenated alkanes) is 3. The molecule has 1 N–H and O–H groups in total. The fourth-order valence-corrected chi connectivity index (χ4v) is 2.47. The van der Waals surface area contributed by atoms with Crippen molar-refractivity contribution >= 4 is 11.6 Å². The molecule has 4 heteroatoms. The molecule has 0 atom stereocenters. The highest BCUT2D eigenvalue weighted by Gasteiger charge is 2.11. The van der Waals surface area contributed by atoms with Crippen LogP contribution in [0.2, 0.25) is 5.02 Å². The van der Waals surface area contributed by atoms with Crippen LogP contribution in [0.15, 0.2) is 12.1 Å². The van der Waals surface area contributed by atoms with E-state index in [4.69, 9.17) is 21.1 Å². The molecule has 0 radical (unpaired) electrons. The van der Waals surface area contributed by atoms with Crippen LogP contribution in [0.25, 0.3) is 0 Å². The molecule has 0 unspecified atom stereocenters. The molecule has 0 amide bonds. The zero-order chi connectivity index (χ0) is 15.5. The van der Waals surface area contributed by atoms with Crippen molar-refractivity contribution in [3.63, 3.8) is 0 Å². The summed E-state index contributed by atoms with van der Waals surface area (Å²) in [6.07, 6.45) is 5.09. The van der Waals surface area contributed by atoms with Crippen LogP contribution in [0.3, 0.4) is 0 Å². The number of halogens is 1. The quantitative estimate of drug-likeness (QED) is 0.595. The maximum absolute atomic E-state index is 6.30. The van der Waals surface area contributed by atoms with Crippen molar-refractivity contribution in [2.45, 2.75) is 53.0 Å². The third-order valence-corrected chi connectivity index (χ3v) is 3.47. The standard InChI is InChI=1S/C17H28ClNO2/c1-4-7-8-9-10-19-13-14-11-15(18)17(21-6-3)16(12-14)20-5-2/h11-12,19H,4-10,13H2,1-3H3.